The average Bonchev–Trinajstić information content (AvgIpc) is 0.722. The van der Waals surface area contributed by atoms with Gasteiger partial charge in [-0.25, -0.2) is 0 Å². The molecule has 0 aliphatic carbocycles. The van der Waals surface area contributed by atoms with Gasteiger partial charge in [-0.2, -0.15) is 0 Å². The van der Waals surface area contributed by atoms with Crippen molar-refractivity contribution in [3.8, 4) is 0 Å². The van der Waals surface area contributed by atoms with E-state index in [2.05, 4.69) is 31.0 Å². The molecular formula is Br2ClOP. The van der Waals surface area contributed by atoms with Gasteiger partial charge in [0.15, 0.2) is 0 Å². The van der Waals surface area contributed by atoms with Crippen LogP contribution in [-0.4, -0.2) is 0 Å². The van der Waals surface area contributed by atoms with E-state index in [1.807, 2.05) is 0 Å². The summed E-state index contributed by atoms with van der Waals surface area (Å²) in [6.45, 7) is 0. The molecule has 0 rings (SSSR count). The number of hydrogen-bond acceptors (Lipinski definition) is 1. The van der Waals surface area contributed by atoms with Crippen molar-refractivity contribution < 1.29 is 4.57 Å². The lowest BCUT2D eigenvalue weighted by atomic mass is 16.0. The molecule has 1 nitrogen and oxygen atoms in total. The summed E-state index contributed by atoms with van der Waals surface area (Å²) in [6, 6.07) is 0. The summed E-state index contributed by atoms with van der Waals surface area (Å²) in [4.78, 5) is 0. The third-order valence-electron chi connectivity index (χ3n) is 0. The van der Waals surface area contributed by atoms with Crippen molar-refractivity contribution in [3.63, 3.8) is 0 Å². The highest BCUT2D eigenvalue weighted by atomic mass is 79.9. The Hall–Kier alpha value is 1.48. The van der Waals surface area contributed by atoms with Crippen LogP contribution in [0.5, 0.6) is 0 Å². The molecule has 0 aromatic carbocycles. The smallest absolute Gasteiger partial charge is 0.282 e. The molecule has 0 aromatic rings. The normalized spacial score (nSPS) is 11.8. The van der Waals surface area contributed by atoms with Crippen molar-refractivity contribution in [1.82, 2.24) is 0 Å². The Morgan fingerprint density at radius 1 is 1.60 bits per heavy atom. The van der Waals surface area contributed by atoms with Gasteiger partial charge in [0.2, 0.25) is 0 Å². The quantitative estimate of drug-likeness (QED) is 0.596. The third-order valence-corrected chi connectivity index (χ3v) is 0. The molecule has 0 saturated heterocycles. The van der Waals surface area contributed by atoms with Crippen molar-refractivity contribution in [1.29, 1.82) is 0 Å². The minimum atomic E-state index is -2.54. The van der Waals surface area contributed by atoms with Gasteiger partial charge in [-0.3, -0.25) is 4.57 Å². The van der Waals surface area contributed by atoms with Crippen LogP contribution in [0.4, 0.5) is 0 Å². The first-order valence-electron chi connectivity index (χ1n) is 0.690. The van der Waals surface area contributed by atoms with Crippen LogP contribution in [0.25, 0.3) is 0 Å². The molecule has 0 N–H and O–H groups in total. The van der Waals surface area contributed by atoms with E-state index in [0.717, 1.165) is 0 Å². The van der Waals surface area contributed by atoms with Gasteiger partial charge >= 0.3 is 0 Å². The summed E-state index contributed by atoms with van der Waals surface area (Å²) >= 11 is 10.1. The lowest BCUT2D eigenvalue weighted by molar-refractivity contribution is 0.602. The van der Waals surface area contributed by atoms with Crippen LogP contribution in [0.15, 0.2) is 0 Å². The van der Waals surface area contributed by atoms with Gasteiger partial charge in [0.1, 0.15) is 0 Å². The highest BCUT2D eigenvalue weighted by Gasteiger charge is 2.01. The number of hydrogen-bond donors (Lipinski definition) is 0. The van der Waals surface area contributed by atoms with Crippen molar-refractivity contribution in [2.45, 2.75) is 0 Å². The molecule has 0 aliphatic rings. The Balaban J connectivity index is 3.47. The lowest BCUT2D eigenvalue weighted by Gasteiger charge is -1.76. The topological polar surface area (TPSA) is 17.1 Å². The van der Waals surface area contributed by atoms with Gasteiger partial charge in [0.05, 0.1) is 0 Å². The maximum Gasteiger partial charge on any atom is 0.291 e. The monoisotopic (exact) mass is 240 g/mol. The molecule has 5 heteroatoms. The van der Waals surface area contributed by atoms with E-state index in [-0.39, 0.29) is 0 Å². The van der Waals surface area contributed by atoms with Crippen LogP contribution in [0.3, 0.4) is 0 Å². The predicted octanol–water partition coefficient (Wildman–Crippen LogP) is 3.12. The van der Waals surface area contributed by atoms with E-state index in [1.54, 1.807) is 0 Å². The summed E-state index contributed by atoms with van der Waals surface area (Å²) in [5.74, 6) is 0. The second kappa shape index (κ2) is 1.97. The molecule has 5 heavy (non-hydrogen) atoms. The molecule has 0 bridgehead atoms. The molecule has 0 atom stereocenters. The Bertz CT molecular complexity index is 55.8. The molecule has 0 aromatic heterocycles. The minimum absolute atomic E-state index is 2.54. The van der Waals surface area contributed by atoms with Crippen LogP contribution in [0, 0.1) is 0 Å². The maximum atomic E-state index is 9.81. The fraction of sp³-hybridized carbons (Fsp3) is 0. The molecule has 0 spiro atoms. The van der Waals surface area contributed by atoms with Gasteiger partial charge in [0, 0.05) is 31.0 Å². The van der Waals surface area contributed by atoms with E-state index in [4.69, 9.17) is 11.2 Å². The van der Waals surface area contributed by atoms with Crippen molar-refractivity contribution in [2.24, 2.45) is 0 Å². The summed E-state index contributed by atoms with van der Waals surface area (Å²) in [6.07, 6.45) is 0. The fourth-order valence-electron chi connectivity index (χ4n) is 0. The predicted molar refractivity (Wildman–Crippen MR) is 31.3 cm³/mol. The van der Waals surface area contributed by atoms with E-state index in [1.165, 1.54) is 0 Å². The zero-order valence-corrected chi connectivity index (χ0v) is 6.81. The van der Waals surface area contributed by atoms with Crippen molar-refractivity contribution in [3.05, 3.63) is 0 Å². The van der Waals surface area contributed by atoms with Gasteiger partial charge in [-0.05, 0) is 11.2 Å². The van der Waals surface area contributed by atoms with Gasteiger partial charge in [0.25, 0.3) is 3.90 Å². The molecule has 0 aliphatic heterocycles. The standard InChI is InChI=1S/Br2ClOP/c1-5(2,3)4. The van der Waals surface area contributed by atoms with Crippen molar-refractivity contribution >= 4 is 46.1 Å². The van der Waals surface area contributed by atoms with Gasteiger partial charge < -0.3 is 0 Å². The van der Waals surface area contributed by atoms with E-state index < -0.39 is 3.90 Å². The first kappa shape index (κ1) is 6.48. The number of rotatable bonds is 0. The maximum absolute atomic E-state index is 9.81. The molecular weight excluding hydrogens is 242 g/mol. The zero-order valence-electron chi connectivity index (χ0n) is 1.99. The Labute approximate surface area is 50.7 Å². The summed E-state index contributed by atoms with van der Waals surface area (Å²) < 4.78 is 7.27. The first-order chi connectivity index (χ1) is 2.00. The van der Waals surface area contributed by atoms with Crippen LogP contribution >= 0.6 is 46.1 Å². The van der Waals surface area contributed by atoms with E-state index in [0.29, 0.717) is 0 Å². The Morgan fingerprint density at radius 2 is 1.60 bits per heavy atom. The van der Waals surface area contributed by atoms with Crippen LogP contribution in [-0.2, 0) is 4.57 Å². The Morgan fingerprint density at radius 3 is 1.60 bits per heavy atom. The molecule has 32 valence electrons. The Kier molecular flexibility index (Phi) is 2.55. The van der Waals surface area contributed by atoms with Crippen LogP contribution in [0.2, 0.25) is 0 Å². The second-order valence-electron chi connectivity index (χ2n) is 0.399. The zero-order chi connectivity index (χ0) is 4.50. The largest absolute Gasteiger partial charge is 0.291 e. The molecule has 0 amide bonds. The van der Waals surface area contributed by atoms with E-state index >= 15 is 0 Å². The van der Waals surface area contributed by atoms with Gasteiger partial charge in [-0.1, -0.05) is 0 Å². The third kappa shape index (κ3) is 30.3. The molecule has 0 heterocycles. The van der Waals surface area contributed by atoms with E-state index in [9.17, 15) is 4.57 Å². The minimum Gasteiger partial charge on any atom is -0.282 e. The first-order valence-corrected chi connectivity index (χ1v) is 7.34. The average molecular weight is 242 g/mol. The van der Waals surface area contributed by atoms with Crippen LogP contribution < -0.4 is 0 Å². The summed E-state index contributed by atoms with van der Waals surface area (Å²) in [5.41, 5.74) is 0. The molecule has 0 unspecified atom stereocenters. The van der Waals surface area contributed by atoms with Crippen molar-refractivity contribution in [2.75, 3.05) is 0 Å². The number of halogens is 3. The summed E-state index contributed by atoms with van der Waals surface area (Å²) in [7, 11) is 0. The SMILES string of the molecule is O=P(Cl)(Br)Br. The van der Waals surface area contributed by atoms with Crippen LogP contribution in [0.1, 0.15) is 0 Å². The second-order valence-corrected chi connectivity index (χ2v) is 13.9. The fourth-order valence-corrected chi connectivity index (χ4v) is 0. The highest BCUT2D eigenvalue weighted by Crippen LogP contribution is 2.66. The van der Waals surface area contributed by atoms with Gasteiger partial charge in [-0.15, -0.1) is 0 Å². The highest BCUT2D eigenvalue weighted by molar-refractivity contribution is 9.73. The lowest BCUT2D eigenvalue weighted by Crippen LogP contribution is -1.16. The molecule has 0 saturated carbocycles. The summed E-state index contributed by atoms with van der Waals surface area (Å²) in [5, 5.41) is 0. The molecule has 0 fully saturated rings. The molecule has 0 radical (unpaired) electrons.